The molecule has 34 heavy (non-hydrogen) atoms. The van der Waals surface area contributed by atoms with Crippen LogP contribution in [0.25, 0.3) is 11.0 Å². The molecular weight excluding hydrogens is 481 g/mol. The summed E-state index contributed by atoms with van der Waals surface area (Å²) in [6.07, 6.45) is -1.91. The normalized spacial score (nSPS) is 12.2. The van der Waals surface area contributed by atoms with Crippen molar-refractivity contribution in [2.24, 2.45) is 0 Å². The summed E-state index contributed by atoms with van der Waals surface area (Å²) in [5.41, 5.74) is -1.90. The highest BCUT2D eigenvalue weighted by molar-refractivity contribution is 7.92. The molecule has 4 rings (SSSR count). The Hall–Kier alpha value is -3.80. The fourth-order valence-electron chi connectivity index (χ4n) is 3.30. The molecule has 12 heteroatoms. The Morgan fingerprint density at radius 2 is 1.74 bits per heavy atom. The second-order valence-electron chi connectivity index (χ2n) is 7.35. The Morgan fingerprint density at radius 1 is 1.06 bits per heavy atom. The number of nitrogens with zero attached hydrogens (tertiary/aromatic N) is 1. The SMILES string of the molecule is Cc1cnc2[nH]cc(C(=O)c3c(F)ccc(NS(=O)(=O)c4ccc(C(F)(F)F)cc4)c3F)c2c1. The molecule has 0 saturated carbocycles. The third kappa shape index (κ3) is 4.23. The van der Waals surface area contributed by atoms with Crippen LogP contribution in [0.4, 0.5) is 27.6 Å². The van der Waals surface area contributed by atoms with Crippen molar-refractivity contribution >= 4 is 32.5 Å². The van der Waals surface area contributed by atoms with E-state index in [0.29, 0.717) is 46.9 Å². The van der Waals surface area contributed by atoms with Crippen LogP contribution < -0.4 is 4.72 Å². The number of aromatic amines is 1. The molecule has 4 aromatic rings. The molecule has 2 N–H and O–H groups in total. The van der Waals surface area contributed by atoms with Gasteiger partial charge in [0.25, 0.3) is 10.0 Å². The van der Waals surface area contributed by atoms with E-state index in [1.165, 1.54) is 12.4 Å². The molecule has 0 unspecified atom stereocenters. The Kier molecular flexibility index (Phi) is 5.64. The lowest BCUT2D eigenvalue weighted by Crippen LogP contribution is -2.17. The zero-order valence-corrected chi connectivity index (χ0v) is 18.0. The number of alkyl halides is 3. The van der Waals surface area contributed by atoms with Crippen LogP contribution in [0.5, 0.6) is 0 Å². The van der Waals surface area contributed by atoms with Crippen molar-refractivity contribution in [3.63, 3.8) is 0 Å². The van der Waals surface area contributed by atoms with Gasteiger partial charge in [-0.1, -0.05) is 0 Å². The van der Waals surface area contributed by atoms with Gasteiger partial charge in [-0.25, -0.2) is 22.2 Å². The molecule has 2 aromatic carbocycles. The lowest BCUT2D eigenvalue weighted by Gasteiger charge is -2.13. The number of fused-ring (bicyclic) bond motifs is 1. The molecule has 0 radical (unpaired) electrons. The molecule has 0 fully saturated rings. The third-order valence-corrected chi connectivity index (χ3v) is 6.35. The summed E-state index contributed by atoms with van der Waals surface area (Å²) in [7, 11) is -4.55. The van der Waals surface area contributed by atoms with E-state index in [-0.39, 0.29) is 5.56 Å². The number of carbonyl (C=O) groups excluding carboxylic acids is 1. The molecule has 0 bridgehead atoms. The summed E-state index contributed by atoms with van der Waals surface area (Å²) in [5.74, 6) is -3.75. The minimum absolute atomic E-state index is 0.0771. The smallest absolute Gasteiger partial charge is 0.345 e. The molecule has 0 spiro atoms. The van der Waals surface area contributed by atoms with E-state index in [4.69, 9.17) is 0 Å². The number of aromatic nitrogens is 2. The van der Waals surface area contributed by atoms with Gasteiger partial charge in [0, 0.05) is 23.3 Å². The van der Waals surface area contributed by atoms with Gasteiger partial charge in [0.05, 0.1) is 21.7 Å². The monoisotopic (exact) mass is 495 g/mol. The highest BCUT2D eigenvalue weighted by atomic mass is 32.2. The summed E-state index contributed by atoms with van der Waals surface area (Å²) >= 11 is 0. The van der Waals surface area contributed by atoms with Crippen LogP contribution in [-0.4, -0.2) is 24.2 Å². The number of carbonyl (C=O) groups is 1. The van der Waals surface area contributed by atoms with Gasteiger partial charge in [-0.15, -0.1) is 0 Å². The van der Waals surface area contributed by atoms with Gasteiger partial charge in [-0.3, -0.25) is 9.52 Å². The number of rotatable bonds is 5. The van der Waals surface area contributed by atoms with Crippen molar-refractivity contribution in [1.29, 1.82) is 0 Å². The topological polar surface area (TPSA) is 91.9 Å². The third-order valence-electron chi connectivity index (χ3n) is 4.97. The molecule has 0 atom stereocenters. The highest BCUT2D eigenvalue weighted by Crippen LogP contribution is 2.31. The first-order chi connectivity index (χ1) is 15.9. The fraction of sp³-hybridized carbons (Fsp3) is 0.0909. The van der Waals surface area contributed by atoms with Gasteiger partial charge in [0.2, 0.25) is 5.78 Å². The molecule has 0 aliphatic rings. The molecule has 176 valence electrons. The maximum atomic E-state index is 15.2. The number of hydrogen-bond acceptors (Lipinski definition) is 4. The van der Waals surface area contributed by atoms with E-state index in [1.54, 1.807) is 13.0 Å². The number of aryl methyl sites for hydroxylation is 1. The number of pyridine rings is 1. The average molecular weight is 495 g/mol. The summed E-state index contributed by atoms with van der Waals surface area (Å²) in [6.45, 7) is 1.71. The van der Waals surface area contributed by atoms with E-state index in [0.717, 1.165) is 6.07 Å². The number of hydrogen-bond donors (Lipinski definition) is 2. The average Bonchev–Trinajstić information content (AvgIpc) is 3.18. The largest absolute Gasteiger partial charge is 0.416 e. The van der Waals surface area contributed by atoms with Crippen LogP contribution in [0, 0.1) is 18.6 Å². The molecule has 2 aromatic heterocycles. The predicted octanol–water partition coefficient (Wildman–Crippen LogP) is 5.20. The van der Waals surface area contributed by atoms with Gasteiger partial charge in [0.1, 0.15) is 11.5 Å². The lowest BCUT2D eigenvalue weighted by molar-refractivity contribution is -0.137. The van der Waals surface area contributed by atoms with E-state index in [9.17, 15) is 30.8 Å². The standard InChI is InChI=1S/C22H14F5N3O3S/c1-11-8-14-15(10-29-21(14)28-9-11)20(31)18-16(23)6-7-17(19(18)24)30-34(32,33)13-4-2-12(3-5-13)22(25,26)27/h2-10,30H,1H3,(H,28,29). The van der Waals surface area contributed by atoms with Crippen molar-refractivity contribution < 1.29 is 35.2 Å². The lowest BCUT2D eigenvalue weighted by atomic mass is 10.0. The number of sulfonamides is 1. The van der Waals surface area contributed by atoms with Gasteiger partial charge < -0.3 is 4.98 Å². The Balaban J connectivity index is 1.71. The quantitative estimate of drug-likeness (QED) is 0.294. The predicted molar refractivity (Wildman–Crippen MR) is 113 cm³/mol. The van der Waals surface area contributed by atoms with Crippen molar-refractivity contribution in [1.82, 2.24) is 9.97 Å². The second kappa shape index (κ2) is 8.20. The molecule has 6 nitrogen and oxygen atoms in total. The maximum absolute atomic E-state index is 15.2. The Bertz CT molecular complexity index is 1530. The van der Waals surface area contributed by atoms with Crippen LogP contribution in [0.1, 0.15) is 27.0 Å². The Morgan fingerprint density at radius 3 is 2.38 bits per heavy atom. The molecule has 0 aliphatic heterocycles. The summed E-state index contributed by atoms with van der Waals surface area (Å²) in [4.78, 5) is 19.2. The molecule has 0 amide bonds. The van der Waals surface area contributed by atoms with Crippen LogP contribution >= 0.6 is 0 Å². The van der Waals surface area contributed by atoms with Gasteiger partial charge >= 0.3 is 6.18 Å². The molecule has 0 aliphatic carbocycles. The van der Waals surface area contributed by atoms with Crippen molar-refractivity contribution in [2.75, 3.05) is 4.72 Å². The summed E-state index contributed by atoms with van der Waals surface area (Å²) in [6, 6.07) is 5.57. The number of benzene rings is 2. The number of nitrogens with one attached hydrogen (secondary N) is 2. The zero-order chi connectivity index (χ0) is 24.8. The maximum Gasteiger partial charge on any atom is 0.416 e. The van der Waals surface area contributed by atoms with E-state index in [2.05, 4.69) is 9.97 Å². The van der Waals surface area contributed by atoms with Crippen LogP contribution in [0.15, 0.2) is 59.8 Å². The fourth-order valence-corrected chi connectivity index (χ4v) is 4.36. The number of halogens is 5. The van der Waals surface area contributed by atoms with Crippen LogP contribution in [-0.2, 0) is 16.2 Å². The van der Waals surface area contributed by atoms with E-state index >= 15 is 4.39 Å². The minimum Gasteiger partial charge on any atom is -0.345 e. The zero-order valence-electron chi connectivity index (χ0n) is 17.2. The van der Waals surface area contributed by atoms with Crippen LogP contribution in [0.3, 0.4) is 0 Å². The van der Waals surface area contributed by atoms with Crippen molar-refractivity contribution in [3.8, 4) is 0 Å². The first-order valence-electron chi connectivity index (χ1n) is 9.55. The molecular formula is C22H14F5N3O3S. The summed E-state index contributed by atoms with van der Waals surface area (Å²) < 4.78 is 94.8. The van der Waals surface area contributed by atoms with E-state index in [1.807, 2.05) is 4.72 Å². The molecule has 2 heterocycles. The highest BCUT2D eigenvalue weighted by Gasteiger charge is 2.31. The minimum atomic E-state index is -4.68. The Labute approximate surface area is 189 Å². The van der Waals surface area contributed by atoms with Crippen molar-refractivity contribution in [3.05, 3.63) is 88.7 Å². The summed E-state index contributed by atoms with van der Waals surface area (Å²) in [5, 5.41) is 0.319. The van der Waals surface area contributed by atoms with Gasteiger partial charge in [0.15, 0.2) is 5.82 Å². The number of H-pyrrole nitrogens is 1. The van der Waals surface area contributed by atoms with Crippen LogP contribution in [0.2, 0.25) is 0 Å². The molecule has 0 saturated heterocycles. The van der Waals surface area contributed by atoms with E-state index < -0.39 is 55.3 Å². The second-order valence-corrected chi connectivity index (χ2v) is 9.03. The van der Waals surface area contributed by atoms with Gasteiger partial charge in [-0.05, 0) is 55.0 Å². The first-order valence-corrected chi connectivity index (χ1v) is 11.0. The number of ketones is 1. The first kappa shape index (κ1) is 23.4. The van der Waals surface area contributed by atoms with Crippen molar-refractivity contribution in [2.45, 2.75) is 18.0 Å². The van der Waals surface area contributed by atoms with Gasteiger partial charge in [-0.2, -0.15) is 13.2 Å². The number of anilines is 1.